The summed E-state index contributed by atoms with van der Waals surface area (Å²) < 4.78 is 0.502. The molecule has 12 heavy (non-hydrogen) atoms. The van der Waals surface area contributed by atoms with Gasteiger partial charge in [0.1, 0.15) is 0 Å². The van der Waals surface area contributed by atoms with Crippen molar-refractivity contribution >= 4 is 38.6 Å². The van der Waals surface area contributed by atoms with Crippen LogP contribution in [-0.2, 0) is 0 Å². The van der Waals surface area contributed by atoms with E-state index < -0.39 is 0 Å². The predicted octanol–water partition coefficient (Wildman–Crippen LogP) is 0.576. The van der Waals surface area contributed by atoms with E-state index in [-0.39, 0.29) is 0 Å². The molecule has 1 rings (SSSR count). The summed E-state index contributed by atoms with van der Waals surface area (Å²) in [4.78, 5) is 0. The van der Waals surface area contributed by atoms with Crippen molar-refractivity contribution in [3.8, 4) is 0 Å². The number of benzene rings is 1. The Morgan fingerprint density at radius 2 is 1.92 bits per heavy atom. The maximum Gasteiger partial charge on any atom is 0.0925 e. The Morgan fingerprint density at radius 3 is 2.42 bits per heavy atom. The highest BCUT2D eigenvalue weighted by atomic mass is 127. The first-order chi connectivity index (χ1) is 5.74. The van der Waals surface area contributed by atoms with Crippen LogP contribution in [0.5, 0.6) is 0 Å². The third kappa shape index (κ3) is 2.34. The number of nitrogens with one attached hydrogen (secondary N) is 1. The van der Waals surface area contributed by atoms with E-state index >= 15 is 0 Å². The van der Waals surface area contributed by atoms with Gasteiger partial charge in [-0.1, -0.05) is 24.3 Å². The van der Waals surface area contributed by atoms with Crippen molar-refractivity contribution in [2.45, 2.75) is 0 Å². The van der Waals surface area contributed by atoms with Crippen LogP contribution in [0.15, 0.2) is 24.3 Å². The smallest absolute Gasteiger partial charge is 0.0925 e. The lowest BCUT2D eigenvalue weighted by Crippen LogP contribution is -2.25. The Labute approximate surface area is 84.4 Å². The molecule has 3 heteroatoms. The van der Waals surface area contributed by atoms with Crippen molar-refractivity contribution in [2.75, 3.05) is 0 Å². The molecule has 0 spiro atoms. The molecule has 0 aliphatic rings. The summed E-state index contributed by atoms with van der Waals surface area (Å²) in [5, 5.41) is 9.22. The molecule has 0 unspecified atom stereocenters. The molecule has 0 aliphatic carbocycles. The van der Waals surface area contributed by atoms with E-state index in [0.717, 1.165) is 10.4 Å². The van der Waals surface area contributed by atoms with E-state index in [2.05, 4.69) is 0 Å². The van der Waals surface area contributed by atoms with Crippen molar-refractivity contribution in [1.82, 2.24) is 0 Å². The van der Waals surface area contributed by atoms with Crippen molar-refractivity contribution in [3.05, 3.63) is 34.7 Å². The normalized spacial score (nSPS) is 13.4. The van der Waals surface area contributed by atoms with E-state index in [1.54, 1.807) is 12.3 Å². The fourth-order valence-electron chi connectivity index (χ4n) is 0.931. The largest absolute Gasteiger partial charge is 0.404 e. The van der Waals surface area contributed by atoms with Crippen LogP contribution in [0.4, 0.5) is 0 Å². The van der Waals surface area contributed by atoms with Crippen molar-refractivity contribution in [3.63, 3.8) is 0 Å². The molecule has 0 fully saturated rings. The number of rotatable bonds is 1. The zero-order valence-electron chi connectivity index (χ0n) is 6.42. The third-order valence-electron chi connectivity index (χ3n) is 1.46. The molecule has 0 saturated carbocycles. The molecule has 0 saturated heterocycles. The highest BCUT2D eigenvalue weighted by Crippen LogP contribution is 1.85. The van der Waals surface area contributed by atoms with Crippen molar-refractivity contribution < 1.29 is 0 Å². The van der Waals surface area contributed by atoms with Crippen LogP contribution in [0.25, 0.3) is 12.3 Å². The summed E-state index contributed by atoms with van der Waals surface area (Å²) in [5.74, 6) is 0. The zero-order valence-corrected chi connectivity index (χ0v) is 8.58. The summed E-state index contributed by atoms with van der Waals surface area (Å²) in [6, 6.07) is 7.71. The highest BCUT2D eigenvalue weighted by Gasteiger charge is 1.84. The number of hydrogen-bond acceptors (Lipinski definition) is 2. The first-order valence-corrected chi connectivity index (χ1v) is 4.54. The molecule has 0 amide bonds. The Kier molecular flexibility index (Phi) is 3.28. The van der Waals surface area contributed by atoms with Crippen LogP contribution in [-0.4, -0.2) is 3.72 Å². The number of hydrogen-bond donors (Lipinski definition) is 2. The van der Waals surface area contributed by atoms with Gasteiger partial charge in [-0.3, -0.25) is 5.41 Å². The first-order valence-electron chi connectivity index (χ1n) is 3.47. The van der Waals surface area contributed by atoms with Crippen LogP contribution in [0.3, 0.4) is 0 Å². The maximum absolute atomic E-state index is 7.28. The highest BCUT2D eigenvalue weighted by molar-refractivity contribution is 14.1. The molecule has 1 aromatic carbocycles. The van der Waals surface area contributed by atoms with E-state index in [0.29, 0.717) is 3.72 Å². The Hall–Kier alpha value is -0.840. The lowest BCUT2D eigenvalue weighted by Gasteiger charge is -1.87. The van der Waals surface area contributed by atoms with Gasteiger partial charge in [0.25, 0.3) is 0 Å². The lowest BCUT2D eigenvalue weighted by molar-refractivity contribution is 1.49. The van der Waals surface area contributed by atoms with Gasteiger partial charge in [-0.05, 0) is 39.1 Å². The van der Waals surface area contributed by atoms with Crippen molar-refractivity contribution in [1.29, 1.82) is 5.41 Å². The maximum atomic E-state index is 7.28. The number of nitrogens with two attached hydrogens (primary N) is 1. The fourth-order valence-corrected chi connectivity index (χ4v) is 1.27. The predicted molar refractivity (Wildman–Crippen MR) is 60.6 cm³/mol. The quantitative estimate of drug-likeness (QED) is 0.570. The molecule has 0 atom stereocenters. The molecule has 1 aromatic rings. The standard InChI is InChI=1S/C9H9IN2/c10-9(12)5-7-3-1-2-4-8(7)6-11/h1-6,12H,11H2. The van der Waals surface area contributed by atoms with Crippen LogP contribution in [0, 0.1) is 5.41 Å². The second-order valence-electron chi connectivity index (χ2n) is 2.29. The Morgan fingerprint density at radius 1 is 1.33 bits per heavy atom. The average molecular weight is 272 g/mol. The minimum absolute atomic E-state index is 0.502. The van der Waals surface area contributed by atoms with Gasteiger partial charge in [-0.2, -0.15) is 0 Å². The molecular weight excluding hydrogens is 263 g/mol. The molecule has 0 radical (unpaired) electrons. The van der Waals surface area contributed by atoms with E-state index in [4.69, 9.17) is 11.1 Å². The summed E-state index contributed by atoms with van der Waals surface area (Å²) in [6.45, 7) is 0. The van der Waals surface area contributed by atoms with Gasteiger partial charge in [0, 0.05) is 6.20 Å². The molecular formula is C9H9IN2. The molecule has 0 aliphatic heterocycles. The monoisotopic (exact) mass is 272 g/mol. The molecule has 0 heterocycles. The van der Waals surface area contributed by atoms with Crippen LogP contribution < -0.4 is 16.2 Å². The van der Waals surface area contributed by atoms with Gasteiger partial charge in [-0.25, -0.2) is 0 Å². The third-order valence-corrected chi connectivity index (χ3v) is 1.77. The van der Waals surface area contributed by atoms with Gasteiger partial charge >= 0.3 is 0 Å². The topological polar surface area (TPSA) is 49.9 Å². The Bertz CT molecular complexity index is 395. The number of halogens is 1. The minimum atomic E-state index is 0.502. The minimum Gasteiger partial charge on any atom is -0.404 e. The molecule has 0 aromatic heterocycles. The zero-order chi connectivity index (χ0) is 8.97. The lowest BCUT2D eigenvalue weighted by atomic mass is 10.2. The van der Waals surface area contributed by atoms with Gasteiger partial charge in [0.2, 0.25) is 0 Å². The van der Waals surface area contributed by atoms with Crippen LogP contribution >= 0.6 is 22.6 Å². The van der Waals surface area contributed by atoms with E-state index in [1.165, 1.54) is 0 Å². The van der Waals surface area contributed by atoms with E-state index in [1.807, 2.05) is 46.9 Å². The van der Waals surface area contributed by atoms with Crippen LogP contribution in [0.2, 0.25) is 0 Å². The second-order valence-corrected chi connectivity index (χ2v) is 3.45. The summed E-state index contributed by atoms with van der Waals surface area (Å²) in [5.41, 5.74) is 5.41. The summed E-state index contributed by atoms with van der Waals surface area (Å²) in [6.07, 6.45) is 3.32. The summed E-state index contributed by atoms with van der Waals surface area (Å²) >= 11 is 1.95. The van der Waals surface area contributed by atoms with Gasteiger partial charge in [-0.15, -0.1) is 0 Å². The van der Waals surface area contributed by atoms with Gasteiger partial charge in [0.05, 0.1) is 3.72 Å². The second kappa shape index (κ2) is 4.25. The SMILES string of the molecule is N=C(I)C=c1ccccc1=CN. The summed E-state index contributed by atoms with van der Waals surface area (Å²) in [7, 11) is 0. The first kappa shape index (κ1) is 9.25. The molecule has 2 nitrogen and oxygen atoms in total. The molecule has 62 valence electrons. The molecule has 3 N–H and O–H groups in total. The Balaban J connectivity index is 3.43. The molecule has 0 bridgehead atoms. The van der Waals surface area contributed by atoms with E-state index in [9.17, 15) is 0 Å². The van der Waals surface area contributed by atoms with Crippen LogP contribution in [0.1, 0.15) is 0 Å². The van der Waals surface area contributed by atoms with Gasteiger partial charge in [0.15, 0.2) is 0 Å². The van der Waals surface area contributed by atoms with Crippen molar-refractivity contribution in [2.24, 2.45) is 5.73 Å². The average Bonchev–Trinajstić information content (AvgIpc) is 2.04. The fraction of sp³-hybridized carbons (Fsp3) is 0. The van der Waals surface area contributed by atoms with Gasteiger partial charge < -0.3 is 5.73 Å².